The van der Waals surface area contributed by atoms with Crippen LogP contribution in [0.1, 0.15) is 19.3 Å². The molecule has 17 heavy (non-hydrogen) atoms. The van der Waals surface area contributed by atoms with E-state index in [4.69, 9.17) is 28.9 Å². The van der Waals surface area contributed by atoms with Crippen molar-refractivity contribution in [1.29, 1.82) is 0 Å². The van der Waals surface area contributed by atoms with Crippen LogP contribution in [-0.4, -0.2) is 5.78 Å². The smallest absolute Gasteiger partial charge is 0.175 e. The second kappa shape index (κ2) is 4.98. The monoisotopic (exact) mass is 270 g/mol. The molecule has 90 valence electrons. The molecule has 3 N–H and O–H groups in total. The number of halogens is 2. The second-order valence-corrected chi connectivity index (χ2v) is 4.72. The van der Waals surface area contributed by atoms with Gasteiger partial charge in [0.05, 0.1) is 10.7 Å². The first-order valence-electron chi connectivity index (χ1n) is 5.32. The second-order valence-electron chi connectivity index (χ2n) is 3.93. The molecule has 0 radical (unpaired) electrons. The molecule has 0 aliphatic heterocycles. The van der Waals surface area contributed by atoms with Crippen molar-refractivity contribution in [3.05, 3.63) is 34.0 Å². The van der Waals surface area contributed by atoms with Gasteiger partial charge in [-0.25, -0.2) is 0 Å². The molecule has 0 unspecified atom stereocenters. The van der Waals surface area contributed by atoms with Crippen molar-refractivity contribution in [3.63, 3.8) is 0 Å². The molecular formula is C12H12Cl2N2O. The topological polar surface area (TPSA) is 55.1 Å². The van der Waals surface area contributed by atoms with Crippen LogP contribution in [0.2, 0.25) is 5.02 Å². The minimum Gasteiger partial charge on any atom is -0.397 e. The van der Waals surface area contributed by atoms with Gasteiger partial charge in [-0.2, -0.15) is 0 Å². The summed E-state index contributed by atoms with van der Waals surface area (Å²) in [5.41, 5.74) is 7.74. The Labute approximate surface area is 110 Å². The lowest BCUT2D eigenvalue weighted by Gasteiger charge is -2.17. The number of benzene rings is 1. The number of rotatable bonds is 2. The standard InChI is InChI=1S/C12H12Cl2N2O/c13-8-5-4-7(6-9(8)15)16-10-2-1-3-11(17)12(10)14/h4-6,16H,1-3,15H2. The maximum atomic E-state index is 11.4. The molecule has 5 heteroatoms. The van der Waals surface area contributed by atoms with Crippen molar-refractivity contribution in [2.75, 3.05) is 11.1 Å². The fraction of sp³-hybridized carbons (Fsp3) is 0.250. The number of nitrogen functional groups attached to an aromatic ring is 1. The zero-order chi connectivity index (χ0) is 12.4. The fourth-order valence-corrected chi connectivity index (χ4v) is 2.08. The maximum absolute atomic E-state index is 11.4. The molecule has 2 rings (SSSR count). The van der Waals surface area contributed by atoms with E-state index in [0.717, 1.165) is 24.2 Å². The van der Waals surface area contributed by atoms with E-state index in [1.165, 1.54) is 0 Å². The van der Waals surface area contributed by atoms with Crippen LogP contribution < -0.4 is 11.1 Å². The summed E-state index contributed by atoms with van der Waals surface area (Å²) >= 11 is 11.8. The molecule has 1 aromatic rings. The van der Waals surface area contributed by atoms with Gasteiger partial charge in [0.15, 0.2) is 5.78 Å². The van der Waals surface area contributed by atoms with Crippen molar-refractivity contribution in [1.82, 2.24) is 0 Å². The maximum Gasteiger partial charge on any atom is 0.175 e. The third kappa shape index (κ3) is 2.73. The molecule has 0 heterocycles. The van der Waals surface area contributed by atoms with Crippen molar-refractivity contribution in [2.45, 2.75) is 19.3 Å². The normalized spacial score (nSPS) is 16.2. The van der Waals surface area contributed by atoms with Gasteiger partial charge in [0.2, 0.25) is 0 Å². The third-order valence-corrected chi connectivity index (χ3v) is 3.41. The van der Waals surface area contributed by atoms with Gasteiger partial charge >= 0.3 is 0 Å². The number of allylic oxidation sites excluding steroid dienone is 2. The number of hydrogen-bond acceptors (Lipinski definition) is 3. The summed E-state index contributed by atoms with van der Waals surface area (Å²) in [5.74, 6) is -0.0117. The van der Waals surface area contributed by atoms with Gasteiger partial charge < -0.3 is 11.1 Å². The van der Waals surface area contributed by atoms with Gasteiger partial charge in [-0.05, 0) is 31.0 Å². The van der Waals surface area contributed by atoms with Gasteiger partial charge in [0, 0.05) is 17.8 Å². The molecule has 0 saturated heterocycles. The van der Waals surface area contributed by atoms with Crippen LogP contribution in [-0.2, 0) is 4.79 Å². The number of carbonyl (C=O) groups excluding carboxylic acids is 1. The van der Waals surface area contributed by atoms with Gasteiger partial charge in [-0.1, -0.05) is 23.2 Å². The summed E-state index contributed by atoms with van der Waals surface area (Å²) in [6.07, 6.45) is 2.11. The quantitative estimate of drug-likeness (QED) is 0.809. The van der Waals surface area contributed by atoms with Gasteiger partial charge in [-0.3, -0.25) is 4.79 Å². The lowest BCUT2D eigenvalue weighted by atomic mass is 10.0. The largest absolute Gasteiger partial charge is 0.397 e. The Bertz CT molecular complexity index is 497. The summed E-state index contributed by atoms with van der Waals surface area (Å²) in [7, 11) is 0. The van der Waals surface area contributed by atoms with Crippen LogP contribution in [0.15, 0.2) is 28.9 Å². The first-order chi connectivity index (χ1) is 8.08. The van der Waals surface area contributed by atoms with Crippen LogP contribution in [0.5, 0.6) is 0 Å². The van der Waals surface area contributed by atoms with E-state index in [0.29, 0.717) is 22.2 Å². The number of anilines is 2. The number of nitrogens with one attached hydrogen (secondary N) is 1. The molecule has 0 bridgehead atoms. The first kappa shape index (κ1) is 12.3. The van der Waals surface area contributed by atoms with Crippen LogP contribution in [0.4, 0.5) is 11.4 Å². The zero-order valence-corrected chi connectivity index (χ0v) is 10.6. The van der Waals surface area contributed by atoms with Crippen LogP contribution in [0.3, 0.4) is 0 Å². The Morgan fingerprint density at radius 3 is 2.71 bits per heavy atom. The fourth-order valence-electron chi connectivity index (χ4n) is 1.73. The average molecular weight is 271 g/mol. The summed E-state index contributed by atoms with van der Waals surface area (Å²) in [6.45, 7) is 0. The van der Waals surface area contributed by atoms with E-state index >= 15 is 0 Å². The third-order valence-electron chi connectivity index (χ3n) is 2.63. The highest BCUT2D eigenvalue weighted by Crippen LogP contribution is 2.28. The summed E-state index contributed by atoms with van der Waals surface area (Å²) < 4.78 is 0. The Morgan fingerprint density at radius 1 is 1.24 bits per heavy atom. The van der Waals surface area contributed by atoms with Gasteiger partial charge in [-0.15, -0.1) is 0 Å². The van der Waals surface area contributed by atoms with E-state index < -0.39 is 0 Å². The predicted octanol–water partition coefficient (Wildman–Crippen LogP) is 3.54. The molecule has 1 aliphatic rings. The lowest BCUT2D eigenvalue weighted by molar-refractivity contribution is -0.115. The van der Waals surface area contributed by atoms with E-state index in [1.54, 1.807) is 18.2 Å². The van der Waals surface area contributed by atoms with Gasteiger partial charge in [0.25, 0.3) is 0 Å². The number of Topliss-reactive ketones (excluding diaryl/α,β-unsaturated/α-hetero) is 1. The summed E-state index contributed by atoms with van der Waals surface area (Å²) in [5, 5.41) is 3.92. The number of nitrogens with two attached hydrogens (primary N) is 1. The molecule has 0 amide bonds. The van der Waals surface area contributed by atoms with Crippen LogP contribution in [0.25, 0.3) is 0 Å². The Balaban J connectivity index is 2.23. The zero-order valence-electron chi connectivity index (χ0n) is 9.09. The minimum atomic E-state index is -0.0117. The molecular weight excluding hydrogens is 259 g/mol. The van der Waals surface area contributed by atoms with Crippen molar-refractivity contribution in [2.24, 2.45) is 0 Å². The Kier molecular flexibility index (Phi) is 3.60. The molecule has 0 spiro atoms. The number of carbonyl (C=O) groups is 1. The minimum absolute atomic E-state index is 0.0117. The number of hydrogen-bond donors (Lipinski definition) is 2. The number of ketones is 1. The van der Waals surface area contributed by atoms with Crippen molar-refractivity contribution >= 4 is 40.4 Å². The Hall–Kier alpha value is -1.19. The predicted molar refractivity (Wildman–Crippen MR) is 71.2 cm³/mol. The van der Waals surface area contributed by atoms with E-state index in [9.17, 15) is 4.79 Å². The van der Waals surface area contributed by atoms with Crippen LogP contribution in [0, 0.1) is 0 Å². The first-order valence-corrected chi connectivity index (χ1v) is 6.07. The van der Waals surface area contributed by atoms with Crippen LogP contribution >= 0.6 is 23.2 Å². The molecule has 1 aliphatic carbocycles. The highest BCUT2D eigenvalue weighted by molar-refractivity contribution is 6.43. The van der Waals surface area contributed by atoms with E-state index in [-0.39, 0.29) is 5.78 Å². The molecule has 0 aromatic heterocycles. The van der Waals surface area contributed by atoms with E-state index in [2.05, 4.69) is 5.32 Å². The molecule has 3 nitrogen and oxygen atoms in total. The summed E-state index contributed by atoms with van der Waals surface area (Å²) in [6, 6.07) is 5.23. The Morgan fingerprint density at radius 2 is 2.00 bits per heavy atom. The SMILES string of the molecule is Nc1cc(NC2=C(Cl)C(=O)CCC2)ccc1Cl. The lowest BCUT2D eigenvalue weighted by Crippen LogP contribution is -2.13. The molecule has 0 saturated carbocycles. The van der Waals surface area contributed by atoms with E-state index in [1.807, 2.05) is 0 Å². The molecule has 1 aromatic carbocycles. The molecule has 0 atom stereocenters. The molecule has 0 fully saturated rings. The van der Waals surface area contributed by atoms with Crippen molar-refractivity contribution in [3.8, 4) is 0 Å². The van der Waals surface area contributed by atoms with Crippen molar-refractivity contribution < 1.29 is 4.79 Å². The highest BCUT2D eigenvalue weighted by Gasteiger charge is 2.18. The average Bonchev–Trinajstić information content (AvgIpc) is 2.30. The van der Waals surface area contributed by atoms with Gasteiger partial charge in [0.1, 0.15) is 5.03 Å². The summed E-state index contributed by atoms with van der Waals surface area (Å²) in [4.78, 5) is 11.4. The highest BCUT2D eigenvalue weighted by atomic mass is 35.5.